The molecule has 2 aliphatic heterocycles. The summed E-state index contributed by atoms with van der Waals surface area (Å²) in [5.74, 6) is 0.323. The quantitative estimate of drug-likeness (QED) is 0.352. The van der Waals surface area contributed by atoms with E-state index in [-0.39, 0.29) is 38.2 Å². The molecule has 1 saturated heterocycles. The average Bonchev–Trinajstić information content (AvgIpc) is 3.40. The van der Waals surface area contributed by atoms with E-state index in [4.69, 9.17) is 19.2 Å². The van der Waals surface area contributed by atoms with Gasteiger partial charge in [-0.25, -0.2) is 9.79 Å². The maximum atomic E-state index is 13.4. The number of benzene rings is 3. The number of carbonyl (C=O) groups excluding carboxylic acids is 3. The number of rotatable bonds is 7. The van der Waals surface area contributed by atoms with Crippen molar-refractivity contribution in [3.63, 3.8) is 0 Å². The summed E-state index contributed by atoms with van der Waals surface area (Å²) in [7, 11) is 0. The number of hydrogen-bond acceptors (Lipinski definition) is 8. The predicted molar refractivity (Wildman–Crippen MR) is 151 cm³/mol. The van der Waals surface area contributed by atoms with E-state index < -0.39 is 11.2 Å². The van der Waals surface area contributed by atoms with E-state index in [0.717, 1.165) is 10.0 Å². The van der Waals surface area contributed by atoms with Crippen molar-refractivity contribution >= 4 is 62.0 Å². The smallest absolute Gasteiger partial charge is 0.338 e. The number of amides is 2. The molecule has 0 aliphatic carbocycles. The van der Waals surface area contributed by atoms with Gasteiger partial charge < -0.3 is 19.5 Å². The van der Waals surface area contributed by atoms with Gasteiger partial charge >= 0.3 is 5.97 Å². The first-order valence-electron chi connectivity index (χ1n) is 12.2. The monoisotopic (exact) mass is 609 g/mol. The molecule has 2 amide bonds. The number of esters is 1. The molecule has 2 heterocycles. The number of ether oxygens (including phenoxy) is 3. The number of carbonyl (C=O) groups is 3. The minimum atomic E-state index is -0.674. The van der Waals surface area contributed by atoms with Gasteiger partial charge in [0.05, 0.1) is 24.4 Å². The van der Waals surface area contributed by atoms with E-state index in [0.29, 0.717) is 33.6 Å². The fourth-order valence-corrected chi connectivity index (χ4v) is 5.33. The fourth-order valence-electron chi connectivity index (χ4n) is 3.97. The van der Waals surface area contributed by atoms with Crippen LogP contribution in [0.25, 0.3) is 0 Å². The lowest BCUT2D eigenvalue weighted by Crippen LogP contribution is -2.44. The minimum absolute atomic E-state index is 0.0123. The van der Waals surface area contributed by atoms with Crippen LogP contribution in [0.15, 0.2) is 76.2 Å². The zero-order chi connectivity index (χ0) is 27.4. The molecule has 1 N–H and O–H groups in total. The van der Waals surface area contributed by atoms with E-state index in [1.807, 2.05) is 24.3 Å². The molecule has 1 unspecified atom stereocenters. The Bertz CT molecular complexity index is 1430. The second-order valence-electron chi connectivity index (χ2n) is 8.64. The van der Waals surface area contributed by atoms with Crippen LogP contribution in [0, 0.1) is 0 Å². The van der Waals surface area contributed by atoms with Crippen molar-refractivity contribution < 1.29 is 28.6 Å². The summed E-state index contributed by atoms with van der Waals surface area (Å²) in [4.78, 5) is 44.8. The zero-order valence-electron chi connectivity index (χ0n) is 20.9. The van der Waals surface area contributed by atoms with Gasteiger partial charge in [-0.05, 0) is 73.2 Å². The van der Waals surface area contributed by atoms with E-state index in [2.05, 4.69) is 21.2 Å². The zero-order valence-corrected chi connectivity index (χ0v) is 23.3. The number of halogens is 1. The summed E-state index contributed by atoms with van der Waals surface area (Å²) in [6.07, 6.45) is 0.0123. The highest BCUT2D eigenvalue weighted by atomic mass is 79.9. The van der Waals surface area contributed by atoms with Crippen molar-refractivity contribution in [2.45, 2.75) is 25.1 Å². The van der Waals surface area contributed by atoms with Crippen molar-refractivity contribution in [1.29, 1.82) is 0 Å². The third-order valence-corrected chi connectivity index (χ3v) is 7.64. The Balaban J connectivity index is 1.40. The van der Waals surface area contributed by atoms with Crippen LogP contribution < -0.4 is 14.8 Å². The van der Waals surface area contributed by atoms with Gasteiger partial charge in [-0.3, -0.25) is 14.5 Å². The fraction of sp³-hybridized carbons (Fsp3) is 0.214. The maximum absolute atomic E-state index is 13.4. The summed E-state index contributed by atoms with van der Waals surface area (Å²) in [6.45, 7) is 2.41. The van der Waals surface area contributed by atoms with Gasteiger partial charge in [-0.2, -0.15) is 0 Å². The molecule has 3 aromatic carbocycles. The highest BCUT2D eigenvalue weighted by molar-refractivity contribution is 9.10. The molecule has 9 nitrogen and oxygen atoms in total. The molecule has 3 aromatic rings. The van der Waals surface area contributed by atoms with Gasteiger partial charge in [0.15, 0.2) is 16.7 Å². The Morgan fingerprint density at radius 1 is 1.08 bits per heavy atom. The van der Waals surface area contributed by atoms with Gasteiger partial charge in [-0.1, -0.05) is 33.8 Å². The second kappa shape index (κ2) is 11.9. The van der Waals surface area contributed by atoms with Crippen LogP contribution in [0.5, 0.6) is 11.5 Å². The van der Waals surface area contributed by atoms with Gasteiger partial charge in [0.1, 0.15) is 5.25 Å². The van der Waals surface area contributed by atoms with Crippen LogP contribution in [0.4, 0.5) is 11.4 Å². The lowest BCUT2D eigenvalue weighted by atomic mass is 10.1. The molecule has 0 saturated carbocycles. The predicted octanol–water partition coefficient (Wildman–Crippen LogP) is 5.52. The number of nitrogens with one attached hydrogen (secondary N) is 1. The van der Waals surface area contributed by atoms with E-state index >= 15 is 0 Å². The Morgan fingerprint density at radius 3 is 2.56 bits per heavy atom. The van der Waals surface area contributed by atoms with Crippen molar-refractivity contribution in [3.8, 4) is 11.5 Å². The maximum Gasteiger partial charge on any atom is 0.338 e. The van der Waals surface area contributed by atoms with Crippen LogP contribution in [-0.4, -0.2) is 46.5 Å². The van der Waals surface area contributed by atoms with Crippen LogP contribution >= 0.6 is 27.7 Å². The lowest BCUT2D eigenvalue weighted by Gasteiger charge is -2.32. The van der Waals surface area contributed by atoms with Crippen molar-refractivity contribution in [2.75, 3.05) is 18.7 Å². The Kier molecular flexibility index (Phi) is 8.18. The normalized spacial score (nSPS) is 17.3. The second-order valence-corrected chi connectivity index (χ2v) is 10.7. The molecule has 2 aliphatic rings. The van der Waals surface area contributed by atoms with E-state index in [9.17, 15) is 14.4 Å². The first-order chi connectivity index (χ1) is 18.9. The van der Waals surface area contributed by atoms with Crippen LogP contribution in [-0.2, 0) is 20.9 Å². The van der Waals surface area contributed by atoms with Gasteiger partial charge in [0, 0.05) is 16.6 Å². The molecule has 200 valence electrons. The van der Waals surface area contributed by atoms with Crippen molar-refractivity contribution in [2.24, 2.45) is 4.99 Å². The molecule has 5 rings (SSSR count). The topological polar surface area (TPSA) is 107 Å². The first kappa shape index (κ1) is 26.8. The summed E-state index contributed by atoms with van der Waals surface area (Å²) < 4.78 is 16.8. The van der Waals surface area contributed by atoms with E-state index in [1.165, 1.54) is 11.8 Å². The van der Waals surface area contributed by atoms with Gasteiger partial charge in [0.25, 0.3) is 0 Å². The van der Waals surface area contributed by atoms with Crippen LogP contribution in [0.1, 0.15) is 29.3 Å². The summed E-state index contributed by atoms with van der Waals surface area (Å²) >= 11 is 4.60. The summed E-state index contributed by atoms with van der Waals surface area (Å²) in [5.41, 5.74) is 2.39. The Morgan fingerprint density at radius 2 is 1.82 bits per heavy atom. The number of nitrogens with zero attached hydrogens (tertiary/aromatic N) is 2. The third kappa shape index (κ3) is 6.43. The minimum Gasteiger partial charge on any atom is -0.462 e. The standard InChI is InChI=1S/C28H24BrN3O6S/c1-2-36-27(35)18-4-8-21(9-5-18)31-28-32(15-17-3-12-22-23(13-17)38-16-37-22)25(33)14-24(39-28)26(34)30-20-10-6-19(29)7-11-20/h3-13,24H,2,14-16H2,1H3,(H,30,34). The lowest BCUT2D eigenvalue weighted by molar-refractivity contribution is -0.129. The summed E-state index contributed by atoms with van der Waals surface area (Å²) in [5, 5.41) is 2.58. The molecule has 1 fully saturated rings. The third-order valence-electron chi connectivity index (χ3n) is 5.92. The molecule has 0 aromatic heterocycles. The summed E-state index contributed by atoms with van der Waals surface area (Å²) in [6, 6.07) is 19.3. The number of fused-ring (bicyclic) bond motifs is 1. The van der Waals surface area contributed by atoms with Crippen LogP contribution in [0.2, 0.25) is 0 Å². The highest BCUT2D eigenvalue weighted by Crippen LogP contribution is 2.35. The molecule has 11 heteroatoms. The van der Waals surface area contributed by atoms with Gasteiger partial charge in [0.2, 0.25) is 18.6 Å². The number of anilines is 1. The Labute approximate surface area is 237 Å². The van der Waals surface area contributed by atoms with Gasteiger partial charge in [-0.15, -0.1) is 0 Å². The molecule has 0 radical (unpaired) electrons. The van der Waals surface area contributed by atoms with Crippen molar-refractivity contribution in [1.82, 2.24) is 4.90 Å². The number of amidine groups is 1. The molecule has 1 atom stereocenters. The first-order valence-corrected chi connectivity index (χ1v) is 13.8. The number of hydrogen-bond donors (Lipinski definition) is 1. The highest BCUT2D eigenvalue weighted by Gasteiger charge is 2.36. The van der Waals surface area contributed by atoms with Crippen LogP contribution in [0.3, 0.4) is 0 Å². The van der Waals surface area contributed by atoms with Crippen molar-refractivity contribution in [3.05, 3.63) is 82.3 Å². The molecule has 0 spiro atoms. The molecule has 0 bridgehead atoms. The molecular formula is C28H24BrN3O6S. The SMILES string of the molecule is CCOC(=O)c1ccc(N=C2SC(C(=O)Nc3ccc(Br)cc3)CC(=O)N2Cc2ccc3c(c2)OCO3)cc1. The molecule has 39 heavy (non-hydrogen) atoms. The average molecular weight is 610 g/mol. The molecular weight excluding hydrogens is 586 g/mol. The van der Waals surface area contributed by atoms with E-state index in [1.54, 1.807) is 54.3 Å². The Hall–Kier alpha value is -3.83. The largest absolute Gasteiger partial charge is 0.462 e. The number of aliphatic imine (C=N–C) groups is 1. The number of thioether (sulfide) groups is 1.